The Morgan fingerprint density at radius 1 is 1.40 bits per heavy atom. The van der Waals surface area contributed by atoms with Crippen LogP contribution in [0.5, 0.6) is 0 Å². The summed E-state index contributed by atoms with van der Waals surface area (Å²) in [5.74, 6) is 0.292. The van der Waals surface area contributed by atoms with Crippen molar-refractivity contribution in [2.45, 2.75) is 19.9 Å². The number of methoxy groups -OCH3 is 1. The van der Waals surface area contributed by atoms with Crippen molar-refractivity contribution >= 4 is 5.69 Å². The first-order chi connectivity index (χ1) is 9.54. The normalized spacial score (nSPS) is 12.8. The first-order valence-corrected chi connectivity index (χ1v) is 6.36. The van der Waals surface area contributed by atoms with E-state index >= 15 is 0 Å². The van der Waals surface area contributed by atoms with E-state index in [2.05, 4.69) is 29.4 Å². The van der Waals surface area contributed by atoms with E-state index in [4.69, 9.17) is 10.5 Å². The van der Waals surface area contributed by atoms with Crippen LogP contribution in [-0.4, -0.2) is 33.9 Å². The second kappa shape index (κ2) is 5.96. The number of tetrazole rings is 1. The number of hydrogen-bond acceptors (Lipinski definition) is 5. The number of anilines is 1. The van der Waals surface area contributed by atoms with Crippen molar-refractivity contribution in [3.63, 3.8) is 0 Å². The smallest absolute Gasteiger partial charge is 0.182 e. The lowest BCUT2D eigenvalue weighted by Gasteiger charge is -2.21. The number of hydrogen-bond donors (Lipinski definition) is 1. The molecular formula is C13H18FN5O. The van der Waals surface area contributed by atoms with E-state index in [9.17, 15) is 4.39 Å². The summed E-state index contributed by atoms with van der Waals surface area (Å²) in [6, 6.07) is 4.52. The van der Waals surface area contributed by atoms with Crippen LogP contribution in [0, 0.1) is 11.7 Å². The highest BCUT2D eigenvalue weighted by Gasteiger charge is 2.22. The van der Waals surface area contributed by atoms with E-state index in [-0.39, 0.29) is 17.6 Å². The molecule has 2 N–H and O–H groups in total. The molecule has 0 amide bonds. The number of nitrogens with zero attached hydrogens (tertiary/aromatic N) is 4. The van der Waals surface area contributed by atoms with Gasteiger partial charge in [-0.2, -0.15) is 0 Å². The number of nitrogens with two attached hydrogens (primary N) is 1. The van der Waals surface area contributed by atoms with Gasteiger partial charge >= 0.3 is 0 Å². The quantitative estimate of drug-likeness (QED) is 0.846. The molecule has 7 heteroatoms. The molecule has 20 heavy (non-hydrogen) atoms. The minimum atomic E-state index is -0.482. The average Bonchev–Trinajstić information content (AvgIpc) is 2.87. The summed E-state index contributed by atoms with van der Waals surface area (Å²) < 4.78 is 20.5. The Labute approximate surface area is 116 Å². The Morgan fingerprint density at radius 2 is 2.15 bits per heavy atom. The summed E-state index contributed by atoms with van der Waals surface area (Å²) in [5.41, 5.74) is 6.17. The van der Waals surface area contributed by atoms with E-state index in [0.29, 0.717) is 18.0 Å². The molecule has 1 aromatic heterocycles. The fourth-order valence-electron chi connectivity index (χ4n) is 1.99. The fourth-order valence-corrected chi connectivity index (χ4v) is 1.99. The highest BCUT2D eigenvalue weighted by Crippen LogP contribution is 2.25. The predicted molar refractivity (Wildman–Crippen MR) is 73.4 cm³/mol. The van der Waals surface area contributed by atoms with Crippen molar-refractivity contribution in [1.29, 1.82) is 0 Å². The van der Waals surface area contributed by atoms with E-state index in [0.717, 1.165) is 0 Å². The van der Waals surface area contributed by atoms with Crippen LogP contribution in [0.25, 0.3) is 11.4 Å². The Hall–Kier alpha value is -2.02. The van der Waals surface area contributed by atoms with Gasteiger partial charge in [0, 0.05) is 12.7 Å². The molecule has 2 rings (SSSR count). The molecule has 6 nitrogen and oxygen atoms in total. The minimum Gasteiger partial charge on any atom is -0.396 e. The van der Waals surface area contributed by atoms with Crippen molar-refractivity contribution in [3.05, 3.63) is 24.0 Å². The number of halogens is 1. The largest absolute Gasteiger partial charge is 0.396 e. The van der Waals surface area contributed by atoms with Crippen LogP contribution in [0.2, 0.25) is 0 Å². The van der Waals surface area contributed by atoms with Crippen LogP contribution in [0.1, 0.15) is 19.9 Å². The zero-order valence-electron chi connectivity index (χ0n) is 11.7. The number of rotatable bonds is 5. The number of ether oxygens (including phenoxy) is 1. The van der Waals surface area contributed by atoms with Crippen LogP contribution in [-0.2, 0) is 4.74 Å². The second-order valence-electron chi connectivity index (χ2n) is 4.95. The monoisotopic (exact) mass is 279 g/mol. The summed E-state index contributed by atoms with van der Waals surface area (Å²) in [7, 11) is 1.63. The lowest BCUT2D eigenvalue weighted by molar-refractivity contribution is 0.126. The molecule has 1 heterocycles. The van der Waals surface area contributed by atoms with Gasteiger partial charge in [-0.05, 0) is 34.5 Å². The molecule has 108 valence electrons. The second-order valence-corrected chi connectivity index (χ2v) is 4.95. The molecule has 1 unspecified atom stereocenters. The summed E-state index contributed by atoms with van der Waals surface area (Å²) >= 11 is 0. The molecule has 2 aromatic rings. The molecule has 1 atom stereocenters. The van der Waals surface area contributed by atoms with E-state index in [1.54, 1.807) is 17.9 Å². The maximum Gasteiger partial charge on any atom is 0.182 e. The van der Waals surface area contributed by atoms with E-state index in [1.807, 2.05) is 0 Å². The van der Waals surface area contributed by atoms with Crippen LogP contribution in [0.15, 0.2) is 18.2 Å². The third-order valence-electron chi connectivity index (χ3n) is 3.17. The summed E-state index contributed by atoms with van der Waals surface area (Å²) in [5, 5.41) is 11.7. The maximum atomic E-state index is 13.6. The number of aromatic nitrogens is 4. The van der Waals surface area contributed by atoms with Crippen LogP contribution in [0.4, 0.5) is 10.1 Å². The number of benzene rings is 1. The molecule has 0 spiro atoms. The Morgan fingerprint density at radius 3 is 2.75 bits per heavy atom. The molecule has 0 aliphatic heterocycles. The van der Waals surface area contributed by atoms with Gasteiger partial charge in [0.05, 0.1) is 18.3 Å². The first-order valence-electron chi connectivity index (χ1n) is 6.36. The van der Waals surface area contributed by atoms with Gasteiger partial charge in [0.1, 0.15) is 5.82 Å². The van der Waals surface area contributed by atoms with Gasteiger partial charge < -0.3 is 10.5 Å². The van der Waals surface area contributed by atoms with Crippen molar-refractivity contribution in [2.24, 2.45) is 5.92 Å². The van der Waals surface area contributed by atoms with Gasteiger partial charge in [0.2, 0.25) is 0 Å². The molecule has 0 radical (unpaired) electrons. The van der Waals surface area contributed by atoms with Gasteiger partial charge in [0.15, 0.2) is 5.82 Å². The minimum absolute atomic E-state index is 0.0226. The molecule has 1 aromatic carbocycles. The number of nitrogen functional groups attached to an aromatic ring is 1. The molecule has 0 saturated heterocycles. The van der Waals surface area contributed by atoms with Gasteiger partial charge in [0.25, 0.3) is 0 Å². The lowest BCUT2D eigenvalue weighted by atomic mass is 10.0. The van der Waals surface area contributed by atoms with Gasteiger partial charge in [-0.15, -0.1) is 5.10 Å². The van der Waals surface area contributed by atoms with Crippen molar-refractivity contribution in [3.8, 4) is 11.4 Å². The zero-order valence-corrected chi connectivity index (χ0v) is 11.7. The third-order valence-corrected chi connectivity index (χ3v) is 3.17. The van der Waals surface area contributed by atoms with Crippen molar-refractivity contribution < 1.29 is 9.13 Å². The first kappa shape index (κ1) is 14.4. The van der Waals surface area contributed by atoms with Crippen LogP contribution < -0.4 is 5.73 Å². The van der Waals surface area contributed by atoms with Crippen LogP contribution in [0.3, 0.4) is 0 Å². The molecule has 0 bridgehead atoms. The molecular weight excluding hydrogens is 261 g/mol. The fraction of sp³-hybridized carbons (Fsp3) is 0.462. The summed E-state index contributed by atoms with van der Waals surface area (Å²) in [6.07, 6.45) is 0. The molecule has 0 fully saturated rings. The topological polar surface area (TPSA) is 78.8 Å². The zero-order chi connectivity index (χ0) is 14.7. The SMILES string of the molecule is COCC(C(C)C)n1nnnc1-c1ccc(N)c(F)c1. The average molecular weight is 279 g/mol. The summed E-state index contributed by atoms with van der Waals surface area (Å²) in [6.45, 7) is 4.59. The molecule has 0 aliphatic carbocycles. The molecule has 0 saturated carbocycles. The van der Waals surface area contributed by atoms with Gasteiger partial charge in [-0.25, -0.2) is 9.07 Å². The highest BCUT2D eigenvalue weighted by molar-refractivity contribution is 5.59. The predicted octanol–water partition coefficient (Wildman–Crippen LogP) is 1.90. The Kier molecular flexibility index (Phi) is 4.29. The van der Waals surface area contributed by atoms with Crippen LogP contribution >= 0.6 is 0 Å². The highest BCUT2D eigenvalue weighted by atomic mass is 19.1. The lowest BCUT2D eigenvalue weighted by Crippen LogP contribution is -2.22. The van der Waals surface area contributed by atoms with E-state index in [1.165, 1.54) is 12.1 Å². The van der Waals surface area contributed by atoms with Crippen molar-refractivity contribution in [1.82, 2.24) is 20.2 Å². The van der Waals surface area contributed by atoms with E-state index < -0.39 is 5.82 Å². The third kappa shape index (κ3) is 2.77. The maximum absolute atomic E-state index is 13.6. The Balaban J connectivity index is 2.43. The Bertz CT molecular complexity index is 584. The molecule has 0 aliphatic rings. The van der Waals surface area contributed by atoms with Gasteiger partial charge in [-0.3, -0.25) is 0 Å². The standard InChI is InChI=1S/C13H18FN5O/c1-8(2)12(7-20-3)19-13(16-17-18-19)9-4-5-11(15)10(14)6-9/h4-6,8,12H,7,15H2,1-3H3. The summed E-state index contributed by atoms with van der Waals surface area (Å²) in [4.78, 5) is 0. The van der Waals surface area contributed by atoms with Crippen molar-refractivity contribution in [2.75, 3.05) is 19.5 Å². The van der Waals surface area contributed by atoms with Gasteiger partial charge in [-0.1, -0.05) is 13.8 Å².